The molecule has 1 heteroatoms. The summed E-state index contributed by atoms with van der Waals surface area (Å²) in [4.78, 5) is 0. The van der Waals surface area contributed by atoms with Gasteiger partial charge < -0.3 is 0 Å². The third kappa shape index (κ3) is 5.29. The summed E-state index contributed by atoms with van der Waals surface area (Å²) in [6, 6.07) is 0. The van der Waals surface area contributed by atoms with Crippen LogP contribution in [0.2, 0.25) is 0 Å². The first-order chi connectivity index (χ1) is 6.88. The number of hydrogen-bond acceptors (Lipinski definition) is 1. The van der Waals surface area contributed by atoms with Crippen molar-refractivity contribution < 1.29 is 0 Å². The summed E-state index contributed by atoms with van der Waals surface area (Å²) in [5.41, 5.74) is 0. The van der Waals surface area contributed by atoms with E-state index >= 15 is 0 Å². The molecule has 1 aliphatic rings. The molecule has 0 amide bonds. The Labute approximate surface area is 94.2 Å². The monoisotopic (exact) mass is 214 g/mol. The Bertz CT molecular complexity index is 129. The Morgan fingerprint density at radius 1 is 1.14 bits per heavy atom. The van der Waals surface area contributed by atoms with Crippen LogP contribution in [-0.4, -0.2) is 12.0 Å². The maximum absolute atomic E-state index is 2.37. The second-order valence-corrected chi connectivity index (χ2v) is 5.69. The molecule has 84 valence electrons. The van der Waals surface area contributed by atoms with Crippen LogP contribution in [-0.2, 0) is 0 Å². The van der Waals surface area contributed by atoms with Crippen molar-refractivity contribution in [1.29, 1.82) is 0 Å². The fourth-order valence-electron chi connectivity index (χ4n) is 2.35. The first-order valence-corrected chi connectivity index (χ1v) is 7.76. The van der Waals surface area contributed by atoms with Crippen molar-refractivity contribution in [3.8, 4) is 0 Å². The highest BCUT2D eigenvalue weighted by Gasteiger charge is 2.28. The van der Waals surface area contributed by atoms with Crippen LogP contribution in [0.5, 0.6) is 0 Å². The molecule has 0 aromatic rings. The van der Waals surface area contributed by atoms with Gasteiger partial charge in [-0.25, -0.2) is 0 Å². The molecule has 1 aliphatic carbocycles. The van der Waals surface area contributed by atoms with Gasteiger partial charge in [0, 0.05) is 0 Å². The number of hydrogen-bond donors (Lipinski definition) is 0. The lowest BCUT2D eigenvalue weighted by molar-refractivity contribution is 0.394. The highest BCUT2D eigenvalue weighted by atomic mass is 32.2. The van der Waals surface area contributed by atoms with Gasteiger partial charge in [-0.3, -0.25) is 0 Å². The van der Waals surface area contributed by atoms with Crippen molar-refractivity contribution in [1.82, 2.24) is 0 Å². The molecule has 14 heavy (non-hydrogen) atoms. The quantitative estimate of drug-likeness (QED) is 0.500. The van der Waals surface area contributed by atoms with E-state index in [0.717, 1.165) is 11.8 Å². The maximum atomic E-state index is 2.37. The van der Waals surface area contributed by atoms with Gasteiger partial charge in [-0.1, -0.05) is 39.0 Å². The van der Waals surface area contributed by atoms with Crippen molar-refractivity contribution >= 4 is 11.8 Å². The van der Waals surface area contributed by atoms with Gasteiger partial charge in [0.2, 0.25) is 0 Å². The fourth-order valence-corrected chi connectivity index (χ4v) is 2.84. The molecular formula is C13H26S. The van der Waals surface area contributed by atoms with E-state index in [9.17, 15) is 0 Å². The largest absolute Gasteiger partial charge is 0.165 e. The van der Waals surface area contributed by atoms with E-state index in [1.165, 1.54) is 57.1 Å². The highest BCUT2D eigenvalue weighted by Crippen LogP contribution is 2.40. The summed E-state index contributed by atoms with van der Waals surface area (Å²) in [6.45, 7) is 2.37. The van der Waals surface area contributed by atoms with E-state index in [-0.39, 0.29) is 0 Å². The maximum Gasteiger partial charge on any atom is -0.00703 e. The summed E-state index contributed by atoms with van der Waals surface area (Å²) in [7, 11) is 0. The van der Waals surface area contributed by atoms with Gasteiger partial charge in [-0.2, -0.15) is 11.8 Å². The molecule has 0 radical (unpaired) electrons. The standard InChI is InChI=1S/C13H26S/c1-3-12(13-9-10-13)8-6-4-5-7-11-14-2/h12-13H,3-11H2,1-2H3. The molecule has 1 rings (SSSR count). The summed E-state index contributed by atoms with van der Waals surface area (Å²) >= 11 is 1.99. The molecule has 0 spiro atoms. The Kier molecular flexibility index (Phi) is 6.76. The minimum atomic E-state index is 1.08. The fraction of sp³-hybridized carbons (Fsp3) is 1.00. The lowest BCUT2D eigenvalue weighted by Gasteiger charge is -2.12. The smallest absolute Gasteiger partial charge is 0.00703 e. The minimum absolute atomic E-state index is 1.08. The molecule has 0 N–H and O–H groups in total. The molecule has 0 aromatic heterocycles. The molecule has 0 aromatic carbocycles. The summed E-state index contributed by atoms with van der Waals surface area (Å²) < 4.78 is 0. The first-order valence-electron chi connectivity index (χ1n) is 6.37. The summed E-state index contributed by atoms with van der Waals surface area (Å²) in [5, 5.41) is 0. The predicted molar refractivity (Wildman–Crippen MR) is 68.0 cm³/mol. The van der Waals surface area contributed by atoms with E-state index < -0.39 is 0 Å². The zero-order valence-corrected chi connectivity index (χ0v) is 10.7. The van der Waals surface area contributed by atoms with Gasteiger partial charge in [-0.15, -0.1) is 0 Å². The molecule has 1 atom stereocenters. The van der Waals surface area contributed by atoms with Gasteiger partial charge in [0.15, 0.2) is 0 Å². The average molecular weight is 214 g/mol. The minimum Gasteiger partial charge on any atom is -0.165 e. The average Bonchev–Trinajstić information content (AvgIpc) is 3.01. The highest BCUT2D eigenvalue weighted by molar-refractivity contribution is 7.98. The predicted octanol–water partition coefficient (Wildman–Crippen LogP) is 4.74. The van der Waals surface area contributed by atoms with Crippen LogP contribution in [0.15, 0.2) is 0 Å². The molecular weight excluding hydrogens is 188 g/mol. The van der Waals surface area contributed by atoms with Crippen molar-refractivity contribution in [2.45, 2.75) is 58.3 Å². The van der Waals surface area contributed by atoms with Gasteiger partial charge >= 0.3 is 0 Å². The second kappa shape index (κ2) is 7.62. The van der Waals surface area contributed by atoms with E-state index in [4.69, 9.17) is 0 Å². The number of rotatable bonds is 9. The lowest BCUT2D eigenvalue weighted by atomic mass is 9.94. The van der Waals surface area contributed by atoms with Crippen LogP contribution >= 0.6 is 11.8 Å². The third-order valence-corrected chi connectivity index (χ3v) is 4.18. The Balaban J connectivity index is 1.86. The Morgan fingerprint density at radius 3 is 2.43 bits per heavy atom. The van der Waals surface area contributed by atoms with Crippen LogP contribution in [0.4, 0.5) is 0 Å². The van der Waals surface area contributed by atoms with E-state index in [2.05, 4.69) is 13.2 Å². The van der Waals surface area contributed by atoms with Crippen molar-refractivity contribution in [3.63, 3.8) is 0 Å². The number of thioether (sulfide) groups is 1. The van der Waals surface area contributed by atoms with E-state index in [1.54, 1.807) is 0 Å². The van der Waals surface area contributed by atoms with Crippen LogP contribution in [0.3, 0.4) is 0 Å². The van der Waals surface area contributed by atoms with Gasteiger partial charge in [0.1, 0.15) is 0 Å². The molecule has 0 saturated heterocycles. The molecule has 1 fully saturated rings. The zero-order valence-electron chi connectivity index (χ0n) is 9.93. The van der Waals surface area contributed by atoms with Crippen LogP contribution < -0.4 is 0 Å². The van der Waals surface area contributed by atoms with E-state index in [1.807, 2.05) is 11.8 Å². The molecule has 1 saturated carbocycles. The molecule has 1 unspecified atom stereocenters. The van der Waals surface area contributed by atoms with Crippen LogP contribution in [0.1, 0.15) is 58.3 Å². The molecule has 0 heterocycles. The van der Waals surface area contributed by atoms with Crippen LogP contribution in [0.25, 0.3) is 0 Å². The van der Waals surface area contributed by atoms with Crippen molar-refractivity contribution in [2.75, 3.05) is 12.0 Å². The SMILES string of the molecule is CCC(CCCCCCSC)C1CC1. The summed E-state index contributed by atoms with van der Waals surface area (Å²) in [5.74, 6) is 3.57. The Hall–Kier alpha value is 0.350. The van der Waals surface area contributed by atoms with Gasteiger partial charge in [0.05, 0.1) is 0 Å². The van der Waals surface area contributed by atoms with E-state index in [0.29, 0.717) is 0 Å². The zero-order chi connectivity index (χ0) is 10.2. The Morgan fingerprint density at radius 2 is 1.86 bits per heavy atom. The topological polar surface area (TPSA) is 0 Å². The lowest BCUT2D eigenvalue weighted by Crippen LogP contribution is -2.00. The number of unbranched alkanes of at least 4 members (excludes halogenated alkanes) is 3. The third-order valence-electron chi connectivity index (χ3n) is 3.49. The van der Waals surface area contributed by atoms with Crippen LogP contribution in [0, 0.1) is 11.8 Å². The van der Waals surface area contributed by atoms with Crippen molar-refractivity contribution in [2.24, 2.45) is 11.8 Å². The second-order valence-electron chi connectivity index (χ2n) is 4.70. The first kappa shape index (κ1) is 12.4. The summed E-state index contributed by atoms with van der Waals surface area (Å²) in [6.07, 6.45) is 14.1. The molecule has 0 nitrogen and oxygen atoms in total. The molecule has 0 bridgehead atoms. The normalized spacial score (nSPS) is 18.4. The molecule has 0 aliphatic heterocycles. The van der Waals surface area contributed by atoms with Gasteiger partial charge in [0.25, 0.3) is 0 Å². The van der Waals surface area contributed by atoms with Gasteiger partial charge in [-0.05, 0) is 43.1 Å². The van der Waals surface area contributed by atoms with Crippen molar-refractivity contribution in [3.05, 3.63) is 0 Å².